The zero-order chi connectivity index (χ0) is 19.5. The predicted octanol–water partition coefficient (Wildman–Crippen LogP) is 2.98. The van der Waals surface area contributed by atoms with Crippen LogP contribution in [0.25, 0.3) is 10.1 Å². The van der Waals surface area contributed by atoms with E-state index in [1.54, 1.807) is 26.0 Å². The topological polar surface area (TPSA) is 89.5 Å². The Hall–Kier alpha value is -0.710. The summed E-state index contributed by atoms with van der Waals surface area (Å²) in [5.41, 5.74) is 0.732. The zero-order valence-electron chi connectivity index (χ0n) is 14.8. The van der Waals surface area contributed by atoms with Crippen molar-refractivity contribution in [1.29, 1.82) is 0 Å². The van der Waals surface area contributed by atoms with Gasteiger partial charge in [0.15, 0.2) is 9.84 Å². The van der Waals surface area contributed by atoms with Crippen molar-refractivity contribution in [2.24, 2.45) is 0 Å². The van der Waals surface area contributed by atoms with Crippen LogP contribution in [0.1, 0.15) is 18.9 Å². The number of thiophene rings is 1. The average Bonchev–Trinajstić information content (AvgIpc) is 2.82. The number of halogens is 1. The Morgan fingerprint density at radius 1 is 1.27 bits per heavy atom. The largest absolute Gasteiger partial charge is 0.314 e. The third kappa shape index (κ3) is 5.90. The Labute approximate surface area is 163 Å². The summed E-state index contributed by atoms with van der Waals surface area (Å²) in [6, 6.07) is 5.37. The zero-order valence-corrected chi connectivity index (χ0v) is 18.0. The van der Waals surface area contributed by atoms with Crippen LogP contribution in [0.2, 0.25) is 5.02 Å². The van der Waals surface area contributed by atoms with E-state index in [1.807, 2.05) is 6.07 Å². The number of hydrogen-bond acceptors (Lipinski definition) is 7. The van der Waals surface area contributed by atoms with Crippen LogP contribution in [-0.2, 0) is 24.1 Å². The number of fused-ring (bicyclic) bond motifs is 1. The van der Waals surface area contributed by atoms with Crippen LogP contribution < -0.4 is 5.32 Å². The summed E-state index contributed by atoms with van der Waals surface area (Å²) in [6.45, 7) is 4.21. The summed E-state index contributed by atoms with van der Waals surface area (Å²) in [5.74, 6) is 0.0166. The van der Waals surface area contributed by atoms with Crippen LogP contribution in [0.15, 0.2) is 22.4 Å². The van der Waals surface area contributed by atoms with Gasteiger partial charge in [0, 0.05) is 16.3 Å². The standard InChI is InChI=1S/C16H22ClNO5S3/c1-11(23-25(3,19)20)10-18-7-4-8-26(21,22)16-12(2)14-9-13(17)5-6-15(14)24-16/h5-6,9,11,18H,4,7-8,10H2,1-3H3/t11-/m0/s1. The predicted molar refractivity (Wildman–Crippen MR) is 107 cm³/mol. The molecule has 2 aromatic rings. The molecule has 0 aliphatic carbocycles. The first-order chi connectivity index (χ1) is 12.0. The summed E-state index contributed by atoms with van der Waals surface area (Å²) in [6.07, 6.45) is 0.912. The lowest BCUT2D eigenvalue weighted by Crippen LogP contribution is -2.30. The molecule has 0 amide bonds. The lowest BCUT2D eigenvalue weighted by atomic mass is 10.2. The van der Waals surface area contributed by atoms with Crippen molar-refractivity contribution in [3.8, 4) is 0 Å². The molecule has 1 N–H and O–H groups in total. The first-order valence-corrected chi connectivity index (χ1v) is 12.7. The SMILES string of the molecule is Cc1c(S(=O)(=O)CCCNC[C@H](C)OS(C)(=O)=O)sc2ccc(Cl)cc12. The van der Waals surface area contributed by atoms with Crippen molar-refractivity contribution in [1.82, 2.24) is 5.32 Å². The van der Waals surface area contributed by atoms with Gasteiger partial charge in [-0.3, -0.25) is 4.18 Å². The first-order valence-electron chi connectivity index (χ1n) is 8.00. The quantitative estimate of drug-likeness (QED) is 0.477. The van der Waals surface area contributed by atoms with Gasteiger partial charge in [-0.15, -0.1) is 11.3 Å². The van der Waals surface area contributed by atoms with E-state index in [1.165, 1.54) is 11.3 Å². The van der Waals surface area contributed by atoms with E-state index in [0.29, 0.717) is 28.7 Å². The highest BCUT2D eigenvalue weighted by Gasteiger charge is 2.21. The van der Waals surface area contributed by atoms with Crippen molar-refractivity contribution >= 4 is 53.0 Å². The van der Waals surface area contributed by atoms with Crippen molar-refractivity contribution in [2.75, 3.05) is 25.1 Å². The molecule has 1 aromatic carbocycles. The van der Waals surface area contributed by atoms with Gasteiger partial charge in [0.1, 0.15) is 4.21 Å². The van der Waals surface area contributed by atoms with Gasteiger partial charge in [-0.05, 0) is 56.0 Å². The molecule has 10 heteroatoms. The summed E-state index contributed by atoms with van der Waals surface area (Å²) >= 11 is 7.26. The van der Waals surface area contributed by atoms with Gasteiger partial charge in [-0.25, -0.2) is 8.42 Å². The highest BCUT2D eigenvalue weighted by molar-refractivity contribution is 7.93. The molecule has 0 fully saturated rings. The minimum Gasteiger partial charge on any atom is -0.314 e. The van der Waals surface area contributed by atoms with E-state index in [0.717, 1.165) is 21.9 Å². The fraction of sp³-hybridized carbons (Fsp3) is 0.500. The van der Waals surface area contributed by atoms with Crippen LogP contribution in [0.4, 0.5) is 0 Å². The van der Waals surface area contributed by atoms with Gasteiger partial charge in [-0.2, -0.15) is 8.42 Å². The Bertz CT molecular complexity index is 983. The molecule has 0 saturated carbocycles. The van der Waals surface area contributed by atoms with Crippen molar-refractivity contribution in [3.05, 3.63) is 28.8 Å². The van der Waals surface area contributed by atoms with Gasteiger partial charge >= 0.3 is 0 Å². The molecule has 0 radical (unpaired) electrons. The van der Waals surface area contributed by atoms with E-state index < -0.39 is 26.1 Å². The molecule has 0 saturated heterocycles. The Morgan fingerprint density at radius 2 is 1.96 bits per heavy atom. The van der Waals surface area contributed by atoms with Gasteiger partial charge in [0.05, 0.1) is 18.1 Å². The summed E-state index contributed by atoms with van der Waals surface area (Å²) in [4.78, 5) is 0. The van der Waals surface area contributed by atoms with Crippen LogP contribution in [-0.4, -0.2) is 48.0 Å². The molecule has 1 heterocycles. The number of benzene rings is 1. The summed E-state index contributed by atoms with van der Waals surface area (Å²) < 4.78 is 53.4. The normalized spacial score (nSPS) is 14.0. The highest BCUT2D eigenvalue weighted by atomic mass is 35.5. The lowest BCUT2D eigenvalue weighted by Gasteiger charge is -2.12. The second-order valence-electron chi connectivity index (χ2n) is 6.14. The molecule has 6 nitrogen and oxygen atoms in total. The molecule has 0 aliphatic heterocycles. The minimum absolute atomic E-state index is 0.0166. The minimum atomic E-state index is -3.49. The van der Waals surface area contributed by atoms with Crippen molar-refractivity contribution in [3.63, 3.8) is 0 Å². The number of hydrogen-bond donors (Lipinski definition) is 1. The number of rotatable bonds is 9. The monoisotopic (exact) mass is 439 g/mol. The van der Waals surface area contributed by atoms with E-state index in [9.17, 15) is 16.8 Å². The molecule has 146 valence electrons. The third-order valence-electron chi connectivity index (χ3n) is 3.67. The smallest absolute Gasteiger partial charge is 0.264 e. The van der Waals surface area contributed by atoms with Crippen molar-refractivity contribution < 1.29 is 21.0 Å². The molecule has 2 rings (SSSR count). The van der Waals surface area contributed by atoms with Gasteiger partial charge < -0.3 is 5.32 Å². The average molecular weight is 440 g/mol. The second-order valence-corrected chi connectivity index (χ2v) is 11.5. The van der Waals surface area contributed by atoms with E-state index in [4.69, 9.17) is 15.8 Å². The molecule has 1 atom stereocenters. The molecule has 0 unspecified atom stereocenters. The van der Waals surface area contributed by atoms with Crippen LogP contribution in [0.3, 0.4) is 0 Å². The van der Waals surface area contributed by atoms with Crippen LogP contribution >= 0.6 is 22.9 Å². The Morgan fingerprint density at radius 3 is 2.62 bits per heavy atom. The van der Waals surface area contributed by atoms with Crippen molar-refractivity contribution in [2.45, 2.75) is 30.6 Å². The number of aryl methyl sites for hydroxylation is 1. The summed E-state index contributed by atoms with van der Waals surface area (Å²) in [5, 5.41) is 4.46. The molecule has 26 heavy (non-hydrogen) atoms. The molecule has 0 spiro atoms. The maximum Gasteiger partial charge on any atom is 0.264 e. The molecular formula is C16H22ClNO5S3. The molecule has 0 bridgehead atoms. The van der Waals surface area contributed by atoms with Gasteiger partial charge in [-0.1, -0.05) is 11.6 Å². The Balaban J connectivity index is 1.92. The maximum absolute atomic E-state index is 12.6. The number of nitrogens with one attached hydrogen (secondary N) is 1. The van der Waals surface area contributed by atoms with E-state index >= 15 is 0 Å². The highest BCUT2D eigenvalue weighted by Crippen LogP contribution is 2.36. The molecule has 0 aliphatic rings. The Kier molecular flexibility index (Phi) is 7.09. The van der Waals surface area contributed by atoms with Crippen LogP contribution in [0, 0.1) is 6.92 Å². The van der Waals surface area contributed by atoms with Crippen LogP contribution in [0.5, 0.6) is 0 Å². The molecule has 1 aromatic heterocycles. The van der Waals surface area contributed by atoms with E-state index in [-0.39, 0.29) is 5.75 Å². The fourth-order valence-corrected chi connectivity index (χ4v) is 6.66. The van der Waals surface area contributed by atoms with E-state index in [2.05, 4.69) is 5.32 Å². The fourth-order valence-electron chi connectivity index (χ4n) is 2.58. The second kappa shape index (κ2) is 8.53. The maximum atomic E-state index is 12.6. The first kappa shape index (κ1) is 21.6. The summed E-state index contributed by atoms with van der Waals surface area (Å²) in [7, 11) is -6.88. The molecular weight excluding hydrogens is 418 g/mol. The van der Waals surface area contributed by atoms with Gasteiger partial charge in [0.2, 0.25) is 0 Å². The number of sulfone groups is 1. The third-order valence-corrected chi connectivity index (χ3v) is 8.36. The lowest BCUT2D eigenvalue weighted by molar-refractivity contribution is 0.227. The van der Waals surface area contributed by atoms with Gasteiger partial charge in [0.25, 0.3) is 10.1 Å².